The molecular weight excluding hydrogens is 317 g/mol. The number of piperazine rings is 1. The van der Waals surface area contributed by atoms with E-state index >= 15 is 0 Å². The average molecular weight is 330 g/mol. The Bertz CT molecular complexity index is 650. The van der Waals surface area contributed by atoms with Crippen LogP contribution in [-0.2, 0) is 6.18 Å². The van der Waals surface area contributed by atoms with Crippen molar-refractivity contribution in [2.75, 3.05) is 36.0 Å². The van der Waals surface area contributed by atoms with Gasteiger partial charge in [-0.15, -0.1) is 10.2 Å². The molecule has 118 valence electrons. The highest BCUT2D eigenvalue weighted by atomic mass is 32.1. The second kappa shape index (κ2) is 5.67. The van der Waals surface area contributed by atoms with Crippen LogP contribution in [0.5, 0.6) is 0 Å². The molecule has 0 unspecified atom stereocenters. The first-order chi connectivity index (χ1) is 10.4. The lowest BCUT2D eigenvalue weighted by molar-refractivity contribution is -0.141. The number of halogens is 3. The van der Waals surface area contributed by atoms with Crippen LogP contribution in [-0.4, -0.2) is 46.3 Å². The highest BCUT2D eigenvalue weighted by Crippen LogP contribution is 2.29. The van der Waals surface area contributed by atoms with Crippen molar-refractivity contribution >= 4 is 22.3 Å². The van der Waals surface area contributed by atoms with E-state index < -0.39 is 11.9 Å². The van der Waals surface area contributed by atoms with Gasteiger partial charge in [-0.25, -0.2) is 9.97 Å². The number of anilines is 2. The van der Waals surface area contributed by atoms with Gasteiger partial charge in [0.25, 0.3) is 0 Å². The van der Waals surface area contributed by atoms with Crippen LogP contribution >= 0.6 is 11.3 Å². The van der Waals surface area contributed by atoms with Gasteiger partial charge in [0.15, 0.2) is 0 Å². The Kier molecular flexibility index (Phi) is 3.85. The highest BCUT2D eigenvalue weighted by Gasteiger charge is 2.33. The first-order valence-corrected chi connectivity index (χ1v) is 7.44. The van der Waals surface area contributed by atoms with Gasteiger partial charge < -0.3 is 9.80 Å². The largest absolute Gasteiger partial charge is 0.433 e. The van der Waals surface area contributed by atoms with E-state index in [1.807, 2.05) is 11.8 Å². The van der Waals surface area contributed by atoms with E-state index in [4.69, 9.17) is 0 Å². The monoisotopic (exact) mass is 330 g/mol. The summed E-state index contributed by atoms with van der Waals surface area (Å²) in [4.78, 5) is 11.1. The van der Waals surface area contributed by atoms with Crippen molar-refractivity contribution in [3.8, 4) is 0 Å². The van der Waals surface area contributed by atoms with Crippen LogP contribution in [0.2, 0.25) is 0 Å². The Morgan fingerprint density at radius 3 is 2.32 bits per heavy atom. The summed E-state index contributed by atoms with van der Waals surface area (Å²) in [6.45, 7) is 4.37. The summed E-state index contributed by atoms with van der Waals surface area (Å²) in [6.07, 6.45) is -3.50. The Balaban J connectivity index is 1.69. The van der Waals surface area contributed by atoms with E-state index in [-0.39, 0.29) is 0 Å². The summed E-state index contributed by atoms with van der Waals surface area (Å²) < 4.78 is 38.1. The summed E-state index contributed by atoms with van der Waals surface area (Å²) in [5, 5.41) is 9.80. The number of aryl methyl sites for hydroxylation is 1. The Morgan fingerprint density at radius 1 is 1.05 bits per heavy atom. The second-order valence-corrected chi connectivity index (χ2v) is 6.00. The SMILES string of the molecule is Cc1nnc(N2CCN(c3cc(C(F)(F)F)ncn3)CC2)s1. The molecule has 1 fully saturated rings. The van der Waals surface area contributed by atoms with Gasteiger partial charge in [0.05, 0.1) is 0 Å². The second-order valence-electron chi connectivity index (χ2n) is 4.84. The van der Waals surface area contributed by atoms with Crippen LogP contribution < -0.4 is 9.80 Å². The van der Waals surface area contributed by atoms with E-state index in [0.29, 0.717) is 32.0 Å². The lowest BCUT2D eigenvalue weighted by atomic mass is 10.3. The van der Waals surface area contributed by atoms with E-state index in [1.54, 1.807) is 0 Å². The standard InChI is InChI=1S/C12H13F3N6S/c1-8-18-19-11(22-8)21-4-2-20(3-5-21)10-6-9(12(13,14)15)16-7-17-10/h6-7H,2-5H2,1H3. The third-order valence-corrected chi connectivity index (χ3v) is 4.23. The molecule has 0 spiro atoms. The van der Waals surface area contributed by atoms with Crippen LogP contribution in [0.1, 0.15) is 10.7 Å². The van der Waals surface area contributed by atoms with Crippen molar-refractivity contribution in [3.05, 3.63) is 23.1 Å². The molecule has 2 aromatic heterocycles. The molecule has 3 rings (SSSR count). The number of aromatic nitrogens is 4. The lowest BCUT2D eigenvalue weighted by Crippen LogP contribution is -2.46. The van der Waals surface area contributed by atoms with Crippen molar-refractivity contribution < 1.29 is 13.2 Å². The van der Waals surface area contributed by atoms with Crippen molar-refractivity contribution in [1.82, 2.24) is 20.2 Å². The van der Waals surface area contributed by atoms with Crippen molar-refractivity contribution in [1.29, 1.82) is 0 Å². The lowest BCUT2D eigenvalue weighted by Gasteiger charge is -2.35. The maximum absolute atomic E-state index is 12.7. The molecular formula is C12H13F3N6S. The maximum Gasteiger partial charge on any atom is 0.433 e. The predicted octanol–water partition coefficient (Wildman–Crippen LogP) is 1.98. The van der Waals surface area contributed by atoms with Gasteiger partial charge >= 0.3 is 6.18 Å². The molecule has 1 aliphatic heterocycles. The summed E-state index contributed by atoms with van der Waals surface area (Å²) in [5.74, 6) is 0.301. The molecule has 0 amide bonds. The van der Waals surface area contributed by atoms with Gasteiger partial charge in [0, 0.05) is 32.2 Å². The topological polar surface area (TPSA) is 58.0 Å². The minimum atomic E-state index is -4.45. The molecule has 0 saturated carbocycles. The van der Waals surface area contributed by atoms with Crippen molar-refractivity contribution in [2.24, 2.45) is 0 Å². The van der Waals surface area contributed by atoms with Gasteiger partial charge in [-0.3, -0.25) is 0 Å². The Labute approximate surface area is 128 Å². The molecule has 1 saturated heterocycles. The molecule has 0 bridgehead atoms. The van der Waals surface area contributed by atoms with Crippen molar-refractivity contribution in [3.63, 3.8) is 0 Å². The molecule has 0 N–H and O–H groups in total. The molecule has 6 nitrogen and oxygen atoms in total. The van der Waals surface area contributed by atoms with Crippen molar-refractivity contribution in [2.45, 2.75) is 13.1 Å². The number of hydrogen-bond donors (Lipinski definition) is 0. The molecule has 1 aliphatic rings. The molecule has 3 heterocycles. The van der Waals surface area contributed by atoms with E-state index in [0.717, 1.165) is 22.5 Å². The first-order valence-electron chi connectivity index (χ1n) is 6.63. The van der Waals surface area contributed by atoms with Gasteiger partial charge in [-0.05, 0) is 6.92 Å². The molecule has 10 heteroatoms. The zero-order valence-electron chi connectivity index (χ0n) is 11.7. The number of hydrogen-bond acceptors (Lipinski definition) is 7. The third kappa shape index (κ3) is 3.11. The molecule has 0 aromatic carbocycles. The van der Waals surface area contributed by atoms with Crippen LogP contribution in [0, 0.1) is 6.92 Å². The summed E-state index contributed by atoms with van der Waals surface area (Å²) in [5.41, 5.74) is -0.917. The van der Waals surface area contributed by atoms with Crippen LogP contribution in [0.25, 0.3) is 0 Å². The van der Waals surface area contributed by atoms with Crippen LogP contribution in [0.15, 0.2) is 12.4 Å². The molecule has 0 aliphatic carbocycles. The average Bonchev–Trinajstić information content (AvgIpc) is 2.93. The molecule has 0 atom stereocenters. The fourth-order valence-electron chi connectivity index (χ4n) is 2.22. The summed E-state index contributed by atoms with van der Waals surface area (Å²) in [7, 11) is 0. The molecule has 22 heavy (non-hydrogen) atoms. The number of rotatable bonds is 2. The fourth-order valence-corrected chi connectivity index (χ4v) is 2.95. The van der Waals surface area contributed by atoms with Gasteiger partial charge in [0.1, 0.15) is 22.8 Å². The van der Waals surface area contributed by atoms with Crippen LogP contribution in [0.4, 0.5) is 24.1 Å². The summed E-state index contributed by atoms with van der Waals surface area (Å²) in [6, 6.07) is 0.991. The Morgan fingerprint density at radius 2 is 1.73 bits per heavy atom. The number of nitrogens with zero attached hydrogens (tertiary/aromatic N) is 6. The quantitative estimate of drug-likeness (QED) is 0.839. The highest BCUT2D eigenvalue weighted by molar-refractivity contribution is 7.15. The van der Waals surface area contributed by atoms with Gasteiger partial charge in [-0.2, -0.15) is 13.2 Å². The van der Waals surface area contributed by atoms with Gasteiger partial charge in [0.2, 0.25) is 5.13 Å². The van der Waals surface area contributed by atoms with Gasteiger partial charge in [-0.1, -0.05) is 11.3 Å². The van der Waals surface area contributed by atoms with E-state index in [2.05, 4.69) is 25.1 Å². The van der Waals surface area contributed by atoms with Crippen LogP contribution in [0.3, 0.4) is 0 Å². The smallest absolute Gasteiger partial charge is 0.353 e. The molecule has 0 radical (unpaired) electrons. The fraction of sp³-hybridized carbons (Fsp3) is 0.500. The minimum Gasteiger partial charge on any atom is -0.353 e. The Hall–Kier alpha value is -1.97. The predicted molar refractivity (Wildman–Crippen MR) is 76.1 cm³/mol. The van der Waals surface area contributed by atoms with E-state index in [1.165, 1.54) is 11.3 Å². The van der Waals surface area contributed by atoms with E-state index in [9.17, 15) is 13.2 Å². The minimum absolute atomic E-state index is 0.301. The molecule has 2 aromatic rings. The third-order valence-electron chi connectivity index (χ3n) is 3.33. The zero-order chi connectivity index (χ0) is 15.7. The number of alkyl halides is 3. The normalized spacial score (nSPS) is 16.2. The summed E-state index contributed by atoms with van der Waals surface area (Å²) >= 11 is 1.51. The maximum atomic E-state index is 12.7. The zero-order valence-corrected chi connectivity index (χ0v) is 12.5. The first kappa shape index (κ1) is 14.9.